The molecule has 1 unspecified atom stereocenters. The summed E-state index contributed by atoms with van der Waals surface area (Å²) < 4.78 is 0. The summed E-state index contributed by atoms with van der Waals surface area (Å²) in [6.45, 7) is 10.3. The molecule has 0 bridgehead atoms. The van der Waals surface area contributed by atoms with E-state index < -0.39 is 0 Å². The second kappa shape index (κ2) is 5.83. The first-order chi connectivity index (χ1) is 8.22. The zero-order valence-electron chi connectivity index (χ0n) is 11.1. The summed E-state index contributed by atoms with van der Waals surface area (Å²) in [4.78, 5) is 16.9. The van der Waals surface area contributed by atoms with E-state index in [-0.39, 0.29) is 5.92 Å². The van der Waals surface area contributed by atoms with E-state index in [9.17, 15) is 4.79 Å². The highest BCUT2D eigenvalue weighted by atomic mass is 16.2. The van der Waals surface area contributed by atoms with Crippen LogP contribution in [0.1, 0.15) is 26.7 Å². The van der Waals surface area contributed by atoms with Gasteiger partial charge in [0.25, 0.3) is 0 Å². The fourth-order valence-corrected chi connectivity index (χ4v) is 2.99. The first-order valence-corrected chi connectivity index (χ1v) is 6.96. The van der Waals surface area contributed by atoms with E-state index >= 15 is 0 Å². The van der Waals surface area contributed by atoms with Crippen LogP contribution >= 0.6 is 0 Å². The molecule has 4 nitrogen and oxygen atoms in total. The molecule has 0 saturated carbocycles. The van der Waals surface area contributed by atoms with E-state index in [1.165, 1.54) is 0 Å². The molecule has 98 valence electrons. The average Bonchev–Trinajstić information content (AvgIpc) is 2.39. The average molecular weight is 239 g/mol. The Balaban J connectivity index is 1.87. The molecule has 0 spiro atoms. The Hall–Kier alpha value is -0.610. The van der Waals surface area contributed by atoms with Crippen molar-refractivity contribution in [3.63, 3.8) is 0 Å². The lowest BCUT2D eigenvalue weighted by Gasteiger charge is -2.41. The van der Waals surface area contributed by atoms with Crippen LogP contribution in [-0.4, -0.2) is 61.0 Å². The standard InChI is InChI=1S/C13H25N3O/c1-3-15-7-8-16(10-11(15)2)13(17)12-5-4-6-14-9-12/h11-12,14H,3-10H2,1-2H3/t11?,12-/m0/s1. The van der Waals surface area contributed by atoms with E-state index in [1.54, 1.807) is 0 Å². The van der Waals surface area contributed by atoms with Crippen LogP contribution in [0.2, 0.25) is 0 Å². The highest BCUT2D eigenvalue weighted by Gasteiger charge is 2.30. The van der Waals surface area contributed by atoms with E-state index in [0.717, 1.165) is 52.1 Å². The largest absolute Gasteiger partial charge is 0.340 e. The van der Waals surface area contributed by atoms with Gasteiger partial charge < -0.3 is 10.2 Å². The van der Waals surface area contributed by atoms with Crippen molar-refractivity contribution in [2.45, 2.75) is 32.7 Å². The van der Waals surface area contributed by atoms with Crippen LogP contribution in [0.3, 0.4) is 0 Å². The second-order valence-electron chi connectivity index (χ2n) is 5.31. The summed E-state index contributed by atoms with van der Waals surface area (Å²) >= 11 is 0. The van der Waals surface area contributed by atoms with Crippen LogP contribution in [0.4, 0.5) is 0 Å². The lowest BCUT2D eigenvalue weighted by atomic mass is 9.97. The van der Waals surface area contributed by atoms with Gasteiger partial charge in [0.15, 0.2) is 0 Å². The smallest absolute Gasteiger partial charge is 0.227 e. The summed E-state index contributed by atoms with van der Waals surface area (Å²) in [6, 6.07) is 0.509. The maximum absolute atomic E-state index is 12.4. The van der Waals surface area contributed by atoms with Crippen molar-refractivity contribution in [2.24, 2.45) is 5.92 Å². The Labute approximate surface area is 104 Å². The first-order valence-electron chi connectivity index (χ1n) is 6.96. The van der Waals surface area contributed by atoms with Crippen LogP contribution in [-0.2, 0) is 4.79 Å². The number of hydrogen-bond acceptors (Lipinski definition) is 3. The van der Waals surface area contributed by atoms with Gasteiger partial charge in [0.2, 0.25) is 5.91 Å². The number of likely N-dealkylation sites (N-methyl/N-ethyl adjacent to an activating group) is 1. The normalized spacial score (nSPS) is 31.5. The van der Waals surface area contributed by atoms with Gasteiger partial charge in [-0.25, -0.2) is 0 Å². The molecule has 1 N–H and O–H groups in total. The van der Waals surface area contributed by atoms with Crippen molar-refractivity contribution < 1.29 is 4.79 Å². The first kappa shape index (κ1) is 12.8. The molecule has 1 amide bonds. The molecule has 2 saturated heterocycles. The molecule has 2 rings (SSSR count). The Morgan fingerprint density at radius 2 is 2.24 bits per heavy atom. The molecule has 2 fully saturated rings. The van der Waals surface area contributed by atoms with E-state index in [0.29, 0.717) is 11.9 Å². The third-order valence-corrected chi connectivity index (χ3v) is 4.13. The van der Waals surface area contributed by atoms with Crippen molar-refractivity contribution in [2.75, 3.05) is 39.3 Å². The summed E-state index contributed by atoms with van der Waals surface area (Å²) in [5.74, 6) is 0.601. The molecule has 0 aromatic carbocycles. The van der Waals surface area contributed by atoms with E-state index in [1.807, 2.05) is 0 Å². The molecular formula is C13H25N3O. The molecule has 2 aliphatic heterocycles. The van der Waals surface area contributed by atoms with E-state index in [2.05, 4.69) is 29.0 Å². The SMILES string of the molecule is CCN1CCN(C(=O)[C@H]2CCCNC2)CC1C. The van der Waals surface area contributed by atoms with Gasteiger partial charge in [-0.1, -0.05) is 6.92 Å². The maximum Gasteiger partial charge on any atom is 0.227 e. The van der Waals surface area contributed by atoms with Crippen LogP contribution in [0.25, 0.3) is 0 Å². The molecule has 0 aliphatic carbocycles. The third kappa shape index (κ3) is 2.99. The summed E-state index contributed by atoms with van der Waals surface area (Å²) in [6.07, 6.45) is 2.20. The van der Waals surface area contributed by atoms with Gasteiger partial charge >= 0.3 is 0 Å². The number of piperidine rings is 1. The van der Waals surface area contributed by atoms with Crippen molar-refractivity contribution >= 4 is 5.91 Å². The molecule has 0 aromatic rings. The number of piperazine rings is 1. The molecule has 2 heterocycles. The molecular weight excluding hydrogens is 214 g/mol. The van der Waals surface area contributed by atoms with Gasteiger partial charge in [-0.15, -0.1) is 0 Å². The number of nitrogens with one attached hydrogen (secondary N) is 1. The van der Waals surface area contributed by atoms with E-state index in [4.69, 9.17) is 0 Å². The zero-order chi connectivity index (χ0) is 12.3. The van der Waals surface area contributed by atoms with Crippen LogP contribution < -0.4 is 5.32 Å². The van der Waals surface area contributed by atoms with Gasteiger partial charge in [-0.3, -0.25) is 9.69 Å². The number of rotatable bonds is 2. The number of carbonyl (C=O) groups excluding carboxylic acids is 1. The predicted octanol–water partition coefficient (Wildman–Crippen LogP) is 0.539. The number of amides is 1. The quantitative estimate of drug-likeness (QED) is 0.764. The van der Waals surface area contributed by atoms with Gasteiger partial charge in [0, 0.05) is 32.2 Å². The highest BCUT2D eigenvalue weighted by molar-refractivity contribution is 5.79. The molecule has 4 heteroatoms. The summed E-state index contributed by atoms with van der Waals surface area (Å²) in [5.41, 5.74) is 0. The minimum Gasteiger partial charge on any atom is -0.340 e. The third-order valence-electron chi connectivity index (χ3n) is 4.13. The molecule has 2 atom stereocenters. The van der Waals surface area contributed by atoms with Gasteiger partial charge in [-0.05, 0) is 32.9 Å². The number of carbonyl (C=O) groups is 1. The summed E-state index contributed by atoms with van der Waals surface area (Å²) in [7, 11) is 0. The lowest BCUT2D eigenvalue weighted by molar-refractivity contribution is -0.138. The van der Waals surface area contributed by atoms with Crippen LogP contribution in [0, 0.1) is 5.92 Å². The fraction of sp³-hybridized carbons (Fsp3) is 0.923. The minimum atomic E-state index is 0.226. The minimum absolute atomic E-state index is 0.226. The Morgan fingerprint density at radius 1 is 1.41 bits per heavy atom. The van der Waals surface area contributed by atoms with Crippen molar-refractivity contribution in [3.05, 3.63) is 0 Å². The monoisotopic (exact) mass is 239 g/mol. The Kier molecular flexibility index (Phi) is 4.40. The zero-order valence-corrected chi connectivity index (χ0v) is 11.1. The van der Waals surface area contributed by atoms with Crippen molar-refractivity contribution in [1.82, 2.24) is 15.1 Å². The lowest BCUT2D eigenvalue weighted by Crippen LogP contribution is -2.55. The Bertz CT molecular complexity index is 263. The topological polar surface area (TPSA) is 35.6 Å². The van der Waals surface area contributed by atoms with Gasteiger partial charge in [0.1, 0.15) is 0 Å². The van der Waals surface area contributed by atoms with Gasteiger partial charge in [0.05, 0.1) is 5.92 Å². The predicted molar refractivity (Wildman–Crippen MR) is 68.9 cm³/mol. The van der Waals surface area contributed by atoms with Crippen LogP contribution in [0.5, 0.6) is 0 Å². The van der Waals surface area contributed by atoms with Crippen LogP contribution in [0.15, 0.2) is 0 Å². The Morgan fingerprint density at radius 3 is 2.82 bits per heavy atom. The molecule has 2 aliphatic rings. The maximum atomic E-state index is 12.4. The summed E-state index contributed by atoms with van der Waals surface area (Å²) in [5, 5.41) is 3.33. The van der Waals surface area contributed by atoms with Crippen molar-refractivity contribution in [1.29, 1.82) is 0 Å². The molecule has 0 aromatic heterocycles. The second-order valence-corrected chi connectivity index (χ2v) is 5.31. The highest BCUT2D eigenvalue weighted by Crippen LogP contribution is 2.17. The molecule has 0 radical (unpaired) electrons. The molecule has 17 heavy (non-hydrogen) atoms. The van der Waals surface area contributed by atoms with Gasteiger partial charge in [-0.2, -0.15) is 0 Å². The number of nitrogens with zero attached hydrogens (tertiary/aromatic N) is 2. The van der Waals surface area contributed by atoms with Crippen molar-refractivity contribution in [3.8, 4) is 0 Å². The number of hydrogen-bond donors (Lipinski definition) is 1. The fourth-order valence-electron chi connectivity index (χ4n) is 2.99.